The molecule has 0 fully saturated rings. The number of nitrogens with one attached hydrogen (secondary N) is 3. The molecular formula is C17H14N8O3. The predicted molar refractivity (Wildman–Crippen MR) is 102 cm³/mol. The van der Waals surface area contributed by atoms with Crippen molar-refractivity contribution in [1.29, 1.82) is 0 Å². The molecule has 2 aromatic heterocycles. The Balaban J connectivity index is 2.05. The van der Waals surface area contributed by atoms with Crippen molar-refractivity contribution >= 4 is 35.1 Å². The smallest absolute Gasteiger partial charge is 0.259 e. The standard InChI is InChI=1S/C17H14N8O3/c1-25-7-5-3-2-4-6(7)17(14(25)28)8-10(21-15(18)23-12(8)26)20-11-9(17)13(27)24-16(19)22-11/h2-5H,1H3,(H7,18,19,20,21,22,23,24,26,27). The summed E-state index contributed by atoms with van der Waals surface area (Å²) in [5, 5.41) is 2.83. The highest BCUT2D eigenvalue weighted by Crippen LogP contribution is 2.53. The number of nitrogens with zero attached hydrogens (tertiary/aromatic N) is 3. The first kappa shape index (κ1) is 16.1. The van der Waals surface area contributed by atoms with Crippen LogP contribution >= 0.6 is 0 Å². The third kappa shape index (κ3) is 1.70. The molecule has 0 unspecified atom stereocenters. The zero-order valence-corrected chi connectivity index (χ0v) is 14.5. The van der Waals surface area contributed by atoms with Crippen molar-refractivity contribution in [3.05, 3.63) is 61.7 Å². The topological polar surface area (TPSA) is 176 Å². The molecule has 28 heavy (non-hydrogen) atoms. The molecule has 0 bridgehead atoms. The monoisotopic (exact) mass is 378 g/mol. The molecule has 2 aliphatic heterocycles. The summed E-state index contributed by atoms with van der Waals surface area (Å²) in [5.41, 5.74) is 9.39. The van der Waals surface area contributed by atoms with Crippen molar-refractivity contribution in [3.63, 3.8) is 0 Å². The number of anilines is 5. The minimum atomic E-state index is -1.73. The van der Waals surface area contributed by atoms with Gasteiger partial charge in [-0.15, -0.1) is 0 Å². The summed E-state index contributed by atoms with van der Waals surface area (Å²) in [6.07, 6.45) is 0. The number of H-pyrrole nitrogens is 2. The first-order valence-electron chi connectivity index (χ1n) is 8.31. The van der Waals surface area contributed by atoms with Crippen LogP contribution in [0.2, 0.25) is 0 Å². The number of nitrogens with two attached hydrogens (primary N) is 2. The lowest BCUT2D eigenvalue weighted by Crippen LogP contribution is -2.50. The number of aromatic nitrogens is 4. The van der Waals surface area contributed by atoms with Gasteiger partial charge in [-0.2, -0.15) is 9.97 Å². The van der Waals surface area contributed by atoms with Crippen molar-refractivity contribution < 1.29 is 4.79 Å². The number of hydrogen-bond donors (Lipinski definition) is 5. The first-order chi connectivity index (χ1) is 13.4. The Morgan fingerprint density at radius 3 is 2.04 bits per heavy atom. The zero-order chi connectivity index (χ0) is 19.8. The Morgan fingerprint density at radius 2 is 1.46 bits per heavy atom. The maximum Gasteiger partial charge on any atom is 0.259 e. The lowest BCUT2D eigenvalue weighted by molar-refractivity contribution is -0.120. The number of carbonyl (C=O) groups excluding carboxylic acids is 1. The van der Waals surface area contributed by atoms with Crippen LogP contribution in [-0.2, 0) is 10.2 Å². The molecule has 0 radical (unpaired) electrons. The molecule has 0 saturated carbocycles. The number of carbonyl (C=O) groups is 1. The molecule has 3 aromatic rings. The van der Waals surface area contributed by atoms with Gasteiger partial charge in [0.1, 0.15) is 17.1 Å². The average molecular weight is 378 g/mol. The molecule has 11 heteroatoms. The molecule has 5 rings (SSSR count). The van der Waals surface area contributed by atoms with E-state index in [1.807, 2.05) is 0 Å². The third-order valence-electron chi connectivity index (χ3n) is 5.16. The summed E-state index contributed by atoms with van der Waals surface area (Å²) in [7, 11) is 1.58. The third-order valence-corrected chi connectivity index (χ3v) is 5.16. The van der Waals surface area contributed by atoms with Gasteiger partial charge in [0.25, 0.3) is 11.1 Å². The highest BCUT2D eigenvalue weighted by Gasteiger charge is 2.59. The van der Waals surface area contributed by atoms with Gasteiger partial charge in [0.15, 0.2) is 0 Å². The maximum atomic E-state index is 13.6. The lowest BCUT2D eigenvalue weighted by atomic mass is 9.69. The quantitative estimate of drug-likeness (QED) is 0.344. The van der Waals surface area contributed by atoms with E-state index in [1.165, 1.54) is 4.90 Å². The lowest BCUT2D eigenvalue weighted by Gasteiger charge is -2.34. The number of nitrogen functional groups attached to an aromatic ring is 2. The van der Waals surface area contributed by atoms with Gasteiger partial charge in [-0.3, -0.25) is 24.4 Å². The minimum Gasteiger partial charge on any atom is -0.369 e. The minimum absolute atomic E-state index is 0.0203. The van der Waals surface area contributed by atoms with Crippen molar-refractivity contribution in [3.8, 4) is 0 Å². The molecule has 7 N–H and O–H groups in total. The number of hydrogen-bond acceptors (Lipinski definition) is 8. The van der Waals surface area contributed by atoms with Gasteiger partial charge in [-0.25, -0.2) is 0 Å². The number of fused-ring (bicyclic) bond motifs is 6. The van der Waals surface area contributed by atoms with Gasteiger partial charge in [0.2, 0.25) is 17.8 Å². The van der Waals surface area contributed by atoms with Crippen molar-refractivity contribution in [2.45, 2.75) is 5.41 Å². The number of aromatic amines is 2. The van der Waals surface area contributed by atoms with Crippen LogP contribution < -0.4 is 32.8 Å². The summed E-state index contributed by atoms with van der Waals surface area (Å²) in [4.78, 5) is 54.0. The van der Waals surface area contributed by atoms with Crippen LogP contribution in [0.3, 0.4) is 0 Å². The normalized spacial score (nSPS) is 15.8. The van der Waals surface area contributed by atoms with E-state index in [0.717, 1.165) is 0 Å². The van der Waals surface area contributed by atoms with E-state index < -0.39 is 22.4 Å². The van der Waals surface area contributed by atoms with Gasteiger partial charge < -0.3 is 21.7 Å². The molecule has 1 spiro atoms. The van der Waals surface area contributed by atoms with Gasteiger partial charge in [-0.05, 0) is 6.07 Å². The van der Waals surface area contributed by atoms with E-state index >= 15 is 0 Å². The molecule has 0 aliphatic carbocycles. The molecule has 2 aliphatic rings. The number of benzene rings is 1. The van der Waals surface area contributed by atoms with E-state index in [1.54, 1.807) is 31.3 Å². The second-order valence-corrected chi connectivity index (χ2v) is 6.61. The van der Waals surface area contributed by atoms with Crippen LogP contribution in [0.25, 0.3) is 0 Å². The van der Waals surface area contributed by atoms with Gasteiger partial charge in [0.05, 0.1) is 11.1 Å². The zero-order valence-electron chi connectivity index (χ0n) is 14.5. The summed E-state index contributed by atoms with van der Waals surface area (Å²) in [6, 6.07) is 6.93. The van der Waals surface area contributed by atoms with E-state index in [9.17, 15) is 14.4 Å². The second kappa shape index (κ2) is 4.97. The summed E-state index contributed by atoms with van der Waals surface area (Å²) < 4.78 is 0. The first-order valence-corrected chi connectivity index (χ1v) is 8.31. The van der Waals surface area contributed by atoms with Crippen molar-refractivity contribution in [2.24, 2.45) is 0 Å². The van der Waals surface area contributed by atoms with Gasteiger partial charge in [-0.1, -0.05) is 18.2 Å². The Hall–Kier alpha value is -4.15. The molecule has 140 valence electrons. The second-order valence-electron chi connectivity index (χ2n) is 6.61. The van der Waals surface area contributed by atoms with Crippen LogP contribution in [-0.4, -0.2) is 32.9 Å². The molecule has 0 atom stereocenters. The van der Waals surface area contributed by atoms with Crippen molar-refractivity contribution in [2.75, 3.05) is 28.7 Å². The number of likely N-dealkylation sites (N-methyl/N-ethyl adjacent to an activating group) is 1. The predicted octanol–water partition coefficient (Wildman–Crippen LogP) is -0.615. The van der Waals surface area contributed by atoms with E-state index in [2.05, 4.69) is 25.3 Å². The summed E-state index contributed by atoms with van der Waals surface area (Å²) in [6.45, 7) is 0. The molecule has 1 amide bonds. The Kier molecular flexibility index (Phi) is 2.85. The average Bonchev–Trinajstić information content (AvgIpc) is 2.84. The molecule has 0 saturated heterocycles. The van der Waals surface area contributed by atoms with Gasteiger partial charge in [0, 0.05) is 18.3 Å². The molecule has 1 aromatic carbocycles. The molecular weight excluding hydrogens is 364 g/mol. The largest absolute Gasteiger partial charge is 0.369 e. The van der Waals surface area contributed by atoms with E-state index in [4.69, 9.17) is 11.5 Å². The van der Waals surface area contributed by atoms with E-state index in [0.29, 0.717) is 11.3 Å². The number of para-hydroxylation sites is 1. The Labute approximate surface area is 156 Å². The van der Waals surface area contributed by atoms with Crippen LogP contribution in [0.5, 0.6) is 0 Å². The van der Waals surface area contributed by atoms with Crippen LogP contribution in [0.15, 0.2) is 33.9 Å². The van der Waals surface area contributed by atoms with Crippen LogP contribution in [0.4, 0.5) is 29.2 Å². The Bertz CT molecular complexity index is 1240. The highest BCUT2D eigenvalue weighted by atomic mass is 16.2. The van der Waals surface area contributed by atoms with Crippen LogP contribution in [0.1, 0.15) is 16.7 Å². The molecule has 11 nitrogen and oxygen atoms in total. The summed E-state index contributed by atoms with van der Waals surface area (Å²) >= 11 is 0. The fraction of sp³-hybridized carbons (Fsp3) is 0.118. The van der Waals surface area contributed by atoms with Gasteiger partial charge >= 0.3 is 0 Å². The fourth-order valence-electron chi connectivity index (χ4n) is 4.14. The molecule has 4 heterocycles. The highest BCUT2D eigenvalue weighted by molar-refractivity contribution is 6.14. The Morgan fingerprint density at radius 1 is 0.929 bits per heavy atom. The SMILES string of the molecule is CN1C(=O)C2(c3ccccc31)c1c(nc(N)[nH]c1=O)Nc1nc(N)[nH]c(=O)c12. The summed E-state index contributed by atoms with van der Waals surface area (Å²) in [5.74, 6) is -0.666. The van der Waals surface area contributed by atoms with Crippen molar-refractivity contribution in [1.82, 2.24) is 19.9 Å². The van der Waals surface area contributed by atoms with Crippen LogP contribution in [0, 0.1) is 0 Å². The maximum absolute atomic E-state index is 13.6. The number of rotatable bonds is 0. The fourth-order valence-corrected chi connectivity index (χ4v) is 4.14. The number of amides is 1. The van der Waals surface area contributed by atoms with E-state index in [-0.39, 0.29) is 34.7 Å².